The zero-order valence-electron chi connectivity index (χ0n) is 14.4. The monoisotopic (exact) mass is 386 g/mol. The number of hydrogen-bond acceptors (Lipinski definition) is 6. The van der Waals surface area contributed by atoms with E-state index in [1.54, 1.807) is 18.5 Å². The van der Waals surface area contributed by atoms with E-state index in [-0.39, 0.29) is 11.4 Å². The first-order chi connectivity index (χ1) is 13.1. The lowest BCUT2D eigenvalue weighted by Gasteiger charge is -2.21. The van der Waals surface area contributed by atoms with Crippen LogP contribution in [0.1, 0.15) is 11.6 Å². The van der Waals surface area contributed by atoms with Crippen molar-refractivity contribution in [2.75, 3.05) is 13.2 Å². The molecule has 0 radical (unpaired) electrons. The molecule has 0 fully saturated rings. The fourth-order valence-electron chi connectivity index (χ4n) is 2.84. The molecule has 1 atom stereocenters. The summed E-state index contributed by atoms with van der Waals surface area (Å²) in [7, 11) is -3.80. The Morgan fingerprint density at radius 3 is 2.44 bits per heavy atom. The standard InChI is InChI=1S/C18H18N4O4S/c23-27(24,15-6-7-17-18(12-15)26-11-10-25-17)21-16(13-22-19-8-9-20-22)14-4-2-1-3-5-14/h1-9,12,16,21H,10-11,13H2. The van der Waals surface area contributed by atoms with Gasteiger partial charge in [-0.3, -0.25) is 0 Å². The molecule has 0 amide bonds. The number of hydrogen-bond donors (Lipinski definition) is 1. The lowest BCUT2D eigenvalue weighted by atomic mass is 10.1. The first kappa shape index (κ1) is 17.5. The number of nitrogens with one attached hydrogen (secondary N) is 1. The Hall–Kier alpha value is -2.91. The van der Waals surface area contributed by atoms with Crippen molar-refractivity contribution in [3.05, 3.63) is 66.5 Å². The van der Waals surface area contributed by atoms with E-state index in [9.17, 15) is 8.42 Å². The van der Waals surface area contributed by atoms with Crippen LogP contribution in [-0.2, 0) is 16.6 Å². The number of sulfonamides is 1. The second-order valence-corrected chi connectivity index (χ2v) is 7.69. The van der Waals surface area contributed by atoms with Crippen molar-refractivity contribution < 1.29 is 17.9 Å². The molecule has 1 aromatic heterocycles. The molecule has 0 spiro atoms. The highest BCUT2D eigenvalue weighted by molar-refractivity contribution is 7.89. The van der Waals surface area contributed by atoms with Crippen LogP contribution in [0.25, 0.3) is 0 Å². The van der Waals surface area contributed by atoms with Crippen molar-refractivity contribution in [1.29, 1.82) is 0 Å². The Bertz CT molecular complexity index is 1010. The van der Waals surface area contributed by atoms with Crippen LogP contribution in [0, 0.1) is 0 Å². The summed E-state index contributed by atoms with van der Waals surface area (Å²) in [6, 6.07) is 13.4. The topological polar surface area (TPSA) is 95.3 Å². The van der Waals surface area contributed by atoms with Gasteiger partial charge in [-0.1, -0.05) is 30.3 Å². The summed E-state index contributed by atoms with van der Waals surface area (Å²) in [6.45, 7) is 1.10. The fraction of sp³-hybridized carbons (Fsp3) is 0.222. The van der Waals surface area contributed by atoms with Crippen molar-refractivity contribution in [3.8, 4) is 11.5 Å². The third-order valence-electron chi connectivity index (χ3n) is 4.14. The van der Waals surface area contributed by atoms with E-state index in [1.807, 2.05) is 30.3 Å². The summed E-state index contributed by atoms with van der Waals surface area (Å²) in [4.78, 5) is 1.56. The van der Waals surface area contributed by atoms with E-state index in [2.05, 4.69) is 14.9 Å². The normalized spacial score (nSPS) is 14.7. The molecule has 3 aromatic rings. The number of rotatable bonds is 6. The molecule has 0 aliphatic carbocycles. The molecular weight excluding hydrogens is 368 g/mol. The Kier molecular flexibility index (Phi) is 4.78. The van der Waals surface area contributed by atoms with Crippen molar-refractivity contribution in [2.24, 2.45) is 0 Å². The third kappa shape index (κ3) is 3.93. The molecule has 1 N–H and O–H groups in total. The zero-order valence-corrected chi connectivity index (χ0v) is 15.2. The van der Waals surface area contributed by atoms with Crippen LogP contribution in [0.4, 0.5) is 0 Å². The molecule has 27 heavy (non-hydrogen) atoms. The number of benzene rings is 2. The Morgan fingerprint density at radius 1 is 1.00 bits per heavy atom. The van der Waals surface area contributed by atoms with Crippen LogP contribution in [0.15, 0.2) is 65.8 Å². The van der Waals surface area contributed by atoms with Gasteiger partial charge in [0.2, 0.25) is 10.0 Å². The molecule has 140 valence electrons. The molecule has 0 bridgehead atoms. The molecule has 2 aromatic carbocycles. The Morgan fingerprint density at radius 2 is 1.70 bits per heavy atom. The van der Waals surface area contributed by atoms with Gasteiger partial charge < -0.3 is 9.47 Å². The number of nitrogens with zero attached hydrogens (tertiary/aromatic N) is 3. The van der Waals surface area contributed by atoms with Gasteiger partial charge in [-0.2, -0.15) is 15.0 Å². The molecule has 0 saturated heterocycles. The molecule has 0 saturated carbocycles. The maximum Gasteiger partial charge on any atom is 0.241 e. The number of aromatic nitrogens is 3. The molecule has 1 aliphatic heterocycles. The second-order valence-electron chi connectivity index (χ2n) is 5.97. The van der Waals surface area contributed by atoms with Crippen molar-refractivity contribution in [1.82, 2.24) is 19.7 Å². The van der Waals surface area contributed by atoms with Gasteiger partial charge in [-0.25, -0.2) is 13.1 Å². The van der Waals surface area contributed by atoms with E-state index in [1.165, 1.54) is 16.9 Å². The van der Waals surface area contributed by atoms with Crippen LogP contribution in [0.5, 0.6) is 11.5 Å². The molecule has 2 heterocycles. The highest BCUT2D eigenvalue weighted by atomic mass is 32.2. The van der Waals surface area contributed by atoms with Crippen LogP contribution in [0.3, 0.4) is 0 Å². The average molecular weight is 386 g/mol. The van der Waals surface area contributed by atoms with E-state index in [0.29, 0.717) is 24.7 Å². The van der Waals surface area contributed by atoms with Crippen LogP contribution >= 0.6 is 0 Å². The SMILES string of the molecule is O=S(=O)(NC(Cn1nccn1)c1ccccc1)c1ccc2c(c1)OCCO2. The van der Waals surface area contributed by atoms with Crippen LogP contribution < -0.4 is 14.2 Å². The summed E-state index contributed by atoms with van der Waals surface area (Å²) in [5.74, 6) is 0.967. The molecule has 1 aliphatic rings. The smallest absolute Gasteiger partial charge is 0.241 e. The van der Waals surface area contributed by atoms with Gasteiger partial charge in [-0.15, -0.1) is 0 Å². The molecule has 8 nitrogen and oxygen atoms in total. The summed E-state index contributed by atoms with van der Waals surface area (Å²) in [6.07, 6.45) is 3.11. The average Bonchev–Trinajstić information content (AvgIpc) is 3.21. The van der Waals surface area contributed by atoms with E-state index < -0.39 is 16.1 Å². The van der Waals surface area contributed by atoms with Crippen LogP contribution in [-0.4, -0.2) is 36.6 Å². The predicted molar refractivity (Wildman–Crippen MR) is 97.0 cm³/mol. The summed E-state index contributed by atoms with van der Waals surface area (Å²) in [5.41, 5.74) is 0.816. The fourth-order valence-corrected chi connectivity index (χ4v) is 4.07. The maximum atomic E-state index is 13.0. The van der Waals surface area contributed by atoms with Crippen molar-refractivity contribution in [3.63, 3.8) is 0 Å². The van der Waals surface area contributed by atoms with Gasteiger partial charge in [0.15, 0.2) is 11.5 Å². The van der Waals surface area contributed by atoms with Gasteiger partial charge in [0.25, 0.3) is 0 Å². The van der Waals surface area contributed by atoms with E-state index in [4.69, 9.17) is 9.47 Å². The van der Waals surface area contributed by atoms with Crippen molar-refractivity contribution in [2.45, 2.75) is 17.5 Å². The van der Waals surface area contributed by atoms with Gasteiger partial charge >= 0.3 is 0 Å². The lowest BCUT2D eigenvalue weighted by molar-refractivity contribution is 0.171. The summed E-state index contributed by atoms with van der Waals surface area (Å²) >= 11 is 0. The van der Waals surface area contributed by atoms with Gasteiger partial charge in [-0.05, 0) is 17.7 Å². The maximum absolute atomic E-state index is 13.0. The third-order valence-corrected chi connectivity index (χ3v) is 5.61. The lowest BCUT2D eigenvalue weighted by Crippen LogP contribution is -2.32. The van der Waals surface area contributed by atoms with Gasteiger partial charge in [0.1, 0.15) is 13.2 Å². The zero-order chi connectivity index (χ0) is 18.7. The Labute approximate surface area is 156 Å². The minimum absolute atomic E-state index is 0.112. The van der Waals surface area contributed by atoms with Gasteiger partial charge in [0.05, 0.1) is 29.9 Å². The molecule has 1 unspecified atom stereocenters. The van der Waals surface area contributed by atoms with Crippen molar-refractivity contribution >= 4 is 10.0 Å². The largest absolute Gasteiger partial charge is 0.486 e. The molecule has 4 rings (SSSR count). The quantitative estimate of drug-likeness (QED) is 0.694. The second kappa shape index (κ2) is 7.37. The molecule has 9 heteroatoms. The molecular formula is C18H18N4O4S. The first-order valence-electron chi connectivity index (χ1n) is 8.43. The first-order valence-corrected chi connectivity index (χ1v) is 9.91. The highest BCUT2D eigenvalue weighted by Gasteiger charge is 2.24. The van der Waals surface area contributed by atoms with E-state index >= 15 is 0 Å². The Balaban J connectivity index is 1.63. The van der Waals surface area contributed by atoms with Gasteiger partial charge in [0, 0.05) is 6.07 Å². The minimum atomic E-state index is -3.80. The van der Waals surface area contributed by atoms with E-state index in [0.717, 1.165) is 5.56 Å². The number of fused-ring (bicyclic) bond motifs is 1. The summed E-state index contributed by atoms with van der Waals surface area (Å²) in [5, 5.41) is 8.15. The minimum Gasteiger partial charge on any atom is -0.486 e. The van der Waals surface area contributed by atoms with Crippen LogP contribution in [0.2, 0.25) is 0 Å². The summed E-state index contributed by atoms with van der Waals surface area (Å²) < 4.78 is 39.6. The predicted octanol–water partition coefficient (Wildman–Crippen LogP) is 1.77. The number of ether oxygens (including phenoxy) is 2. The highest BCUT2D eigenvalue weighted by Crippen LogP contribution is 2.32.